The van der Waals surface area contributed by atoms with Crippen LogP contribution >= 0.6 is 7.60 Å². The SMILES string of the molecule is C/C=C/CCCOP(C)(=O)O. The summed E-state index contributed by atoms with van der Waals surface area (Å²) < 4.78 is 15.2. The van der Waals surface area contributed by atoms with Gasteiger partial charge in [0.15, 0.2) is 0 Å². The van der Waals surface area contributed by atoms with Crippen molar-refractivity contribution in [3.8, 4) is 0 Å². The minimum atomic E-state index is -3.24. The summed E-state index contributed by atoms with van der Waals surface area (Å²) in [5.74, 6) is 0. The second-order valence-corrected chi connectivity index (χ2v) is 4.21. The maximum absolute atomic E-state index is 10.6. The minimum absolute atomic E-state index is 0.356. The first-order valence-electron chi connectivity index (χ1n) is 3.62. The molecule has 0 rings (SSSR count). The fourth-order valence-corrected chi connectivity index (χ4v) is 1.07. The standard InChI is InChI=1S/C7H15O3P/c1-3-4-5-6-7-10-11(2,8)9/h3-4H,5-7H2,1-2H3,(H,8,9)/b4-3+. The van der Waals surface area contributed by atoms with Crippen LogP contribution in [0, 0.1) is 0 Å². The third kappa shape index (κ3) is 9.89. The highest BCUT2D eigenvalue weighted by molar-refractivity contribution is 7.51. The van der Waals surface area contributed by atoms with Crippen LogP contribution in [0.1, 0.15) is 19.8 Å². The van der Waals surface area contributed by atoms with Crippen molar-refractivity contribution in [2.75, 3.05) is 13.3 Å². The topological polar surface area (TPSA) is 46.5 Å². The molecule has 1 unspecified atom stereocenters. The van der Waals surface area contributed by atoms with Crippen molar-refractivity contribution in [2.45, 2.75) is 19.8 Å². The minimum Gasteiger partial charge on any atom is -0.324 e. The van der Waals surface area contributed by atoms with Crippen LogP contribution in [-0.2, 0) is 9.09 Å². The lowest BCUT2D eigenvalue weighted by atomic mass is 10.3. The van der Waals surface area contributed by atoms with Crippen molar-refractivity contribution >= 4 is 7.60 Å². The Hall–Kier alpha value is -0.110. The Kier molecular flexibility index (Phi) is 5.47. The number of allylic oxidation sites excluding steroid dienone is 2. The van der Waals surface area contributed by atoms with Crippen LogP contribution in [0.5, 0.6) is 0 Å². The molecule has 0 saturated heterocycles. The molecule has 0 aliphatic heterocycles. The van der Waals surface area contributed by atoms with E-state index in [2.05, 4.69) is 4.52 Å². The summed E-state index contributed by atoms with van der Waals surface area (Å²) in [6.07, 6.45) is 5.64. The average molecular weight is 178 g/mol. The Balaban J connectivity index is 3.22. The van der Waals surface area contributed by atoms with Gasteiger partial charge in [0, 0.05) is 6.66 Å². The third-order valence-electron chi connectivity index (χ3n) is 1.08. The molecule has 0 heterocycles. The summed E-state index contributed by atoms with van der Waals surface area (Å²) in [5.41, 5.74) is 0. The summed E-state index contributed by atoms with van der Waals surface area (Å²) in [6.45, 7) is 3.49. The summed E-state index contributed by atoms with van der Waals surface area (Å²) >= 11 is 0. The molecule has 0 aromatic rings. The van der Waals surface area contributed by atoms with Gasteiger partial charge in [0.25, 0.3) is 0 Å². The van der Waals surface area contributed by atoms with Crippen molar-refractivity contribution in [3.63, 3.8) is 0 Å². The van der Waals surface area contributed by atoms with E-state index >= 15 is 0 Å². The first kappa shape index (κ1) is 10.9. The van der Waals surface area contributed by atoms with Crippen LogP contribution < -0.4 is 0 Å². The van der Waals surface area contributed by atoms with E-state index in [4.69, 9.17) is 4.89 Å². The van der Waals surface area contributed by atoms with Crippen LogP contribution in [0.2, 0.25) is 0 Å². The number of unbranched alkanes of at least 4 members (excludes halogenated alkanes) is 1. The lowest BCUT2D eigenvalue weighted by molar-refractivity contribution is 0.262. The molecule has 4 heteroatoms. The van der Waals surface area contributed by atoms with E-state index in [1.54, 1.807) is 0 Å². The predicted octanol–water partition coefficient (Wildman–Crippen LogP) is 2.17. The summed E-state index contributed by atoms with van der Waals surface area (Å²) in [7, 11) is -3.24. The van der Waals surface area contributed by atoms with E-state index in [-0.39, 0.29) is 0 Å². The smallest absolute Gasteiger partial charge is 0.324 e. The molecule has 0 amide bonds. The molecule has 0 aliphatic rings. The fraction of sp³-hybridized carbons (Fsp3) is 0.714. The van der Waals surface area contributed by atoms with E-state index in [0.717, 1.165) is 12.8 Å². The van der Waals surface area contributed by atoms with Crippen molar-refractivity contribution in [3.05, 3.63) is 12.2 Å². The Bertz CT molecular complexity index is 159. The zero-order chi connectivity index (χ0) is 8.74. The Labute approximate surface area is 67.6 Å². The summed E-state index contributed by atoms with van der Waals surface area (Å²) in [4.78, 5) is 8.69. The van der Waals surface area contributed by atoms with Crippen molar-refractivity contribution < 1.29 is 14.0 Å². The molecular weight excluding hydrogens is 163 g/mol. The molecule has 0 saturated carbocycles. The molecule has 0 aliphatic carbocycles. The van der Waals surface area contributed by atoms with Gasteiger partial charge in [0.05, 0.1) is 6.61 Å². The molecule has 0 spiro atoms. The zero-order valence-corrected chi connectivity index (χ0v) is 7.88. The summed E-state index contributed by atoms with van der Waals surface area (Å²) in [6, 6.07) is 0. The lowest BCUT2D eigenvalue weighted by Gasteiger charge is -2.04. The number of hydrogen-bond acceptors (Lipinski definition) is 2. The molecule has 1 N–H and O–H groups in total. The molecule has 3 nitrogen and oxygen atoms in total. The van der Waals surface area contributed by atoms with Gasteiger partial charge in [-0.2, -0.15) is 0 Å². The Morgan fingerprint density at radius 3 is 2.73 bits per heavy atom. The van der Waals surface area contributed by atoms with Gasteiger partial charge in [0.2, 0.25) is 0 Å². The molecule has 0 aromatic carbocycles. The molecule has 66 valence electrons. The van der Waals surface area contributed by atoms with Crippen LogP contribution in [0.4, 0.5) is 0 Å². The highest BCUT2D eigenvalue weighted by Crippen LogP contribution is 2.36. The van der Waals surface area contributed by atoms with Gasteiger partial charge in [-0.05, 0) is 19.8 Å². The molecule has 0 bridgehead atoms. The van der Waals surface area contributed by atoms with Gasteiger partial charge in [-0.3, -0.25) is 4.57 Å². The Morgan fingerprint density at radius 2 is 2.27 bits per heavy atom. The fourth-order valence-electron chi connectivity index (χ4n) is 0.602. The molecule has 0 radical (unpaired) electrons. The van der Waals surface area contributed by atoms with Gasteiger partial charge >= 0.3 is 7.60 Å². The molecule has 0 aromatic heterocycles. The van der Waals surface area contributed by atoms with Crippen molar-refractivity contribution in [1.82, 2.24) is 0 Å². The van der Waals surface area contributed by atoms with Gasteiger partial charge in [-0.25, -0.2) is 0 Å². The number of rotatable bonds is 5. The Morgan fingerprint density at radius 1 is 1.64 bits per heavy atom. The monoisotopic (exact) mass is 178 g/mol. The lowest BCUT2D eigenvalue weighted by Crippen LogP contribution is -1.90. The first-order chi connectivity index (χ1) is 5.06. The quantitative estimate of drug-likeness (QED) is 0.398. The van der Waals surface area contributed by atoms with E-state index in [1.165, 1.54) is 6.66 Å². The van der Waals surface area contributed by atoms with Crippen LogP contribution in [0.3, 0.4) is 0 Å². The van der Waals surface area contributed by atoms with E-state index in [9.17, 15) is 4.57 Å². The maximum Gasteiger partial charge on any atom is 0.325 e. The normalized spacial score (nSPS) is 17.0. The maximum atomic E-state index is 10.6. The first-order valence-corrected chi connectivity index (χ1v) is 5.64. The zero-order valence-electron chi connectivity index (χ0n) is 6.99. The van der Waals surface area contributed by atoms with Crippen LogP contribution in [0.15, 0.2) is 12.2 Å². The van der Waals surface area contributed by atoms with Crippen molar-refractivity contribution in [2.24, 2.45) is 0 Å². The van der Waals surface area contributed by atoms with E-state index in [1.807, 2.05) is 19.1 Å². The second-order valence-electron chi connectivity index (χ2n) is 2.35. The second kappa shape index (κ2) is 5.53. The highest BCUT2D eigenvalue weighted by Gasteiger charge is 2.07. The molecule has 0 fully saturated rings. The van der Waals surface area contributed by atoms with Gasteiger partial charge < -0.3 is 9.42 Å². The van der Waals surface area contributed by atoms with Gasteiger partial charge in [-0.15, -0.1) is 0 Å². The molecule has 11 heavy (non-hydrogen) atoms. The van der Waals surface area contributed by atoms with Crippen LogP contribution in [0.25, 0.3) is 0 Å². The number of hydrogen-bond donors (Lipinski definition) is 1. The van der Waals surface area contributed by atoms with E-state index < -0.39 is 7.60 Å². The average Bonchev–Trinajstić information content (AvgIpc) is 1.85. The van der Waals surface area contributed by atoms with E-state index in [0.29, 0.717) is 6.61 Å². The third-order valence-corrected chi connectivity index (χ3v) is 1.74. The molecular formula is C7H15O3P. The van der Waals surface area contributed by atoms with Crippen molar-refractivity contribution in [1.29, 1.82) is 0 Å². The van der Waals surface area contributed by atoms with Crippen LogP contribution in [-0.4, -0.2) is 18.2 Å². The predicted molar refractivity (Wildman–Crippen MR) is 45.7 cm³/mol. The van der Waals surface area contributed by atoms with Gasteiger partial charge in [0.1, 0.15) is 0 Å². The largest absolute Gasteiger partial charge is 0.325 e. The molecule has 1 atom stereocenters. The van der Waals surface area contributed by atoms with Gasteiger partial charge in [-0.1, -0.05) is 12.2 Å². The summed E-state index contributed by atoms with van der Waals surface area (Å²) in [5, 5.41) is 0. The highest BCUT2D eigenvalue weighted by atomic mass is 31.2.